The van der Waals surface area contributed by atoms with Crippen LogP contribution in [0.4, 0.5) is 0 Å². The van der Waals surface area contributed by atoms with E-state index in [4.69, 9.17) is 0 Å². The maximum absolute atomic E-state index is 12.6. The maximum atomic E-state index is 12.6. The molecule has 156 valence electrons. The van der Waals surface area contributed by atoms with Gasteiger partial charge in [-0.3, -0.25) is 9.79 Å². The van der Waals surface area contributed by atoms with Crippen molar-refractivity contribution in [3.63, 3.8) is 0 Å². The Kier molecular flexibility index (Phi) is 9.80. The first kappa shape index (κ1) is 23.5. The number of carbonyl (C=O) groups is 1. The fourth-order valence-electron chi connectivity index (χ4n) is 3.21. The Bertz CT molecular complexity index is 815. The molecule has 1 atom stereocenters. The number of hydrogen-bond acceptors (Lipinski definition) is 3. The number of hydrogen-bond donors (Lipinski definition) is 2. The lowest BCUT2D eigenvalue weighted by Gasteiger charge is -2.29. The highest BCUT2D eigenvalue weighted by Crippen LogP contribution is 2.22. The molecular weight excluding hydrogens is 495 g/mol. The molecule has 1 aliphatic heterocycles. The van der Waals surface area contributed by atoms with Gasteiger partial charge in [-0.1, -0.05) is 49.4 Å². The number of benzene rings is 2. The van der Waals surface area contributed by atoms with E-state index >= 15 is 0 Å². The van der Waals surface area contributed by atoms with Gasteiger partial charge in [0.15, 0.2) is 5.96 Å². The molecule has 7 heteroatoms. The van der Waals surface area contributed by atoms with Crippen LogP contribution in [0.2, 0.25) is 0 Å². The van der Waals surface area contributed by atoms with Crippen LogP contribution in [0.5, 0.6) is 0 Å². The largest absolute Gasteiger partial charge is 0.355 e. The first-order chi connectivity index (χ1) is 13.7. The van der Waals surface area contributed by atoms with Crippen molar-refractivity contribution in [1.82, 2.24) is 15.5 Å². The molecule has 0 radical (unpaired) electrons. The monoisotopic (exact) mass is 524 g/mol. The Hall–Kier alpha value is -1.74. The average molecular weight is 524 g/mol. The molecule has 2 aromatic rings. The lowest BCUT2D eigenvalue weighted by atomic mass is 10.00. The minimum Gasteiger partial charge on any atom is -0.355 e. The zero-order valence-electron chi connectivity index (χ0n) is 16.9. The van der Waals surface area contributed by atoms with Gasteiger partial charge in [-0.25, -0.2) is 0 Å². The standard InChI is InChI=1S/C22H28N4OS.HI/c1-17(28-20-10-4-3-5-11-20)14-24-22(23-2)25-15-21(27)26-13-12-18-8-6-7-9-19(18)16-26;/h3-11,17H,12-16H2,1-2H3,(H2,23,24,25);1H. The minimum atomic E-state index is 0. The zero-order valence-corrected chi connectivity index (χ0v) is 20.1. The summed E-state index contributed by atoms with van der Waals surface area (Å²) in [6.07, 6.45) is 0.920. The molecule has 2 aromatic carbocycles. The van der Waals surface area contributed by atoms with Crippen LogP contribution in [0.1, 0.15) is 18.1 Å². The number of thioether (sulfide) groups is 1. The van der Waals surface area contributed by atoms with Crippen LogP contribution in [-0.2, 0) is 17.8 Å². The molecule has 0 aromatic heterocycles. The first-order valence-corrected chi connectivity index (χ1v) is 10.5. The molecule has 2 N–H and O–H groups in total. The molecule has 1 aliphatic rings. The van der Waals surface area contributed by atoms with Gasteiger partial charge in [0.1, 0.15) is 0 Å². The zero-order chi connectivity index (χ0) is 19.8. The molecule has 1 heterocycles. The molecule has 3 rings (SSSR count). The number of nitrogens with one attached hydrogen (secondary N) is 2. The van der Waals surface area contributed by atoms with Gasteiger partial charge in [0.05, 0.1) is 6.54 Å². The minimum absolute atomic E-state index is 0. The number of carbonyl (C=O) groups excluding carboxylic acids is 1. The van der Waals surface area contributed by atoms with E-state index in [1.165, 1.54) is 16.0 Å². The normalized spacial score (nSPS) is 14.4. The third kappa shape index (κ3) is 7.22. The van der Waals surface area contributed by atoms with Gasteiger partial charge in [-0.2, -0.15) is 0 Å². The second-order valence-electron chi connectivity index (χ2n) is 6.88. The predicted octanol–water partition coefficient (Wildman–Crippen LogP) is 3.54. The van der Waals surface area contributed by atoms with Gasteiger partial charge in [-0.05, 0) is 29.7 Å². The summed E-state index contributed by atoms with van der Waals surface area (Å²) in [6.45, 7) is 4.66. The van der Waals surface area contributed by atoms with E-state index in [1.54, 1.807) is 7.05 Å². The molecule has 0 aliphatic carbocycles. The van der Waals surface area contributed by atoms with Gasteiger partial charge in [0.2, 0.25) is 5.91 Å². The summed E-state index contributed by atoms with van der Waals surface area (Å²) in [5.74, 6) is 0.760. The Labute approximate surface area is 194 Å². The summed E-state index contributed by atoms with van der Waals surface area (Å²) in [7, 11) is 1.73. The number of aliphatic imine (C=N–C) groups is 1. The molecule has 0 saturated heterocycles. The van der Waals surface area contributed by atoms with Crippen LogP contribution < -0.4 is 10.6 Å². The van der Waals surface area contributed by atoms with Gasteiger partial charge in [0.25, 0.3) is 0 Å². The molecule has 29 heavy (non-hydrogen) atoms. The van der Waals surface area contributed by atoms with Gasteiger partial charge in [-0.15, -0.1) is 35.7 Å². The van der Waals surface area contributed by atoms with E-state index in [9.17, 15) is 4.79 Å². The predicted molar refractivity (Wildman–Crippen MR) is 132 cm³/mol. The smallest absolute Gasteiger partial charge is 0.242 e. The van der Waals surface area contributed by atoms with Crippen molar-refractivity contribution >= 4 is 47.6 Å². The SMILES string of the molecule is CN=C(NCC(=O)N1CCc2ccccc2C1)NCC(C)Sc1ccccc1.I. The summed E-state index contributed by atoms with van der Waals surface area (Å²) >= 11 is 1.82. The molecule has 0 spiro atoms. The highest BCUT2D eigenvalue weighted by atomic mass is 127. The molecule has 0 fully saturated rings. The maximum Gasteiger partial charge on any atom is 0.242 e. The van der Waals surface area contributed by atoms with Crippen LogP contribution in [0.15, 0.2) is 64.5 Å². The summed E-state index contributed by atoms with van der Waals surface area (Å²) in [5.41, 5.74) is 2.60. The second-order valence-corrected chi connectivity index (χ2v) is 8.39. The van der Waals surface area contributed by atoms with E-state index in [0.717, 1.165) is 19.5 Å². The molecule has 0 saturated carbocycles. The van der Waals surface area contributed by atoms with E-state index < -0.39 is 0 Å². The number of amides is 1. The highest BCUT2D eigenvalue weighted by molar-refractivity contribution is 14.0. The lowest BCUT2D eigenvalue weighted by Crippen LogP contribution is -2.46. The van der Waals surface area contributed by atoms with Crippen molar-refractivity contribution in [3.05, 3.63) is 65.7 Å². The number of fused-ring (bicyclic) bond motifs is 1. The fourth-order valence-corrected chi connectivity index (χ4v) is 4.16. The van der Waals surface area contributed by atoms with E-state index in [2.05, 4.69) is 52.9 Å². The number of nitrogens with zero attached hydrogens (tertiary/aromatic N) is 2. The van der Waals surface area contributed by atoms with Crippen LogP contribution >= 0.6 is 35.7 Å². The van der Waals surface area contributed by atoms with Crippen molar-refractivity contribution in [2.75, 3.05) is 26.7 Å². The number of halogens is 1. The molecule has 0 bridgehead atoms. The van der Waals surface area contributed by atoms with Crippen molar-refractivity contribution < 1.29 is 4.79 Å². The first-order valence-electron chi connectivity index (χ1n) is 9.66. The Morgan fingerprint density at radius 2 is 1.79 bits per heavy atom. The van der Waals surface area contributed by atoms with E-state index in [-0.39, 0.29) is 36.4 Å². The lowest BCUT2D eigenvalue weighted by molar-refractivity contribution is -0.130. The Balaban J connectivity index is 0.00000300. The van der Waals surface area contributed by atoms with Crippen LogP contribution in [0.25, 0.3) is 0 Å². The number of guanidine groups is 1. The van der Waals surface area contributed by atoms with Crippen LogP contribution in [-0.4, -0.2) is 48.7 Å². The average Bonchev–Trinajstić information content (AvgIpc) is 2.74. The quantitative estimate of drug-likeness (QED) is 0.263. The second kappa shape index (κ2) is 12.1. The van der Waals surface area contributed by atoms with Crippen molar-refractivity contribution in [3.8, 4) is 0 Å². The molecular formula is C22H29IN4OS. The van der Waals surface area contributed by atoms with Gasteiger partial charge < -0.3 is 15.5 Å². The number of rotatable bonds is 6. The van der Waals surface area contributed by atoms with E-state index in [0.29, 0.717) is 17.8 Å². The Morgan fingerprint density at radius 3 is 2.52 bits per heavy atom. The summed E-state index contributed by atoms with van der Waals surface area (Å²) < 4.78 is 0. The van der Waals surface area contributed by atoms with Crippen LogP contribution in [0, 0.1) is 0 Å². The van der Waals surface area contributed by atoms with Crippen molar-refractivity contribution in [2.24, 2.45) is 4.99 Å². The molecule has 5 nitrogen and oxygen atoms in total. The van der Waals surface area contributed by atoms with Gasteiger partial charge >= 0.3 is 0 Å². The molecule has 1 unspecified atom stereocenters. The highest BCUT2D eigenvalue weighted by Gasteiger charge is 2.20. The van der Waals surface area contributed by atoms with Crippen LogP contribution in [0.3, 0.4) is 0 Å². The van der Waals surface area contributed by atoms with Gasteiger partial charge in [0, 0.05) is 36.8 Å². The topological polar surface area (TPSA) is 56.7 Å². The van der Waals surface area contributed by atoms with E-state index in [1.807, 2.05) is 40.9 Å². The molecule has 1 amide bonds. The summed E-state index contributed by atoms with van der Waals surface area (Å²) in [6, 6.07) is 18.7. The Morgan fingerprint density at radius 1 is 1.10 bits per heavy atom. The fraction of sp³-hybridized carbons (Fsp3) is 0.364. The summed E-state index contributed by atoms with van der Waals surface area (Å²) in [4.78, 5) is 20.0. The third-order valence-corrected chi connectivity index (χ3v) is 5.86. The van der Waals surface area contributed by atoms with Crippen molar-refractivity contribution in [2.45, 2.75) is 30.0 Å². The summed E-state index contributed by atoms with van der Waals surface area (Å²) in [5, 5.41) is 6.84. The third-order valence-electron chi connectivity index (χ3n) is 4.75. The van der Waals surface area contributed by atoms with Crippen molar-refractivity contribution in [1.29, 1.82) is 0 Å².